The highest BCUT2D eigenvalue weighted by Gasteiger charge is 2.40. The number of hydrogen-bond acceptors (Lipinski definition) is 4. The van der Waals surface area contributed by atoms with E-state index in [1.165, 1.54) is 18.2 Å². The summed E-state index contributed by atoms with van der Waals surface area (Å²) in [5.41, 5.74) is 3.32. The summed E-state index contributed by atoms with van der Waals surface area (Å²) in [7, 11) is 3.16. The maximum Gasteiger partial charge on any atom is 0.333 e. The Hall–Kier alpha value is -2.11. The Balaban J connectivity index is 1.61. The molecule has 4 rings (SSSR count). The van der Waals surface area contributed by atoms with Gasteiger partial charge in [0, 0.05) is 41.5 Å². The van der Waals surface area contributed by atoms with Crippen molar-refractivity contribution in [3.63, 3.8) is 0 Å². The second-order valence-corrected chi connectivity index (χ2v) is 8.75. The van der Waals surface area contributed by atoms with Crippen LogP contribution in [0.3, 0.4) is 0 Å². The van der Waals surface area contributed by atoms with Crippen molar-refractivity contribution in [1.29, 1.82) is 0 Å². The summed E-state index contributed by atoms with van der Waals surface area (Å²) >= 11 is 3.71. The Morgan fingerprint density at radius 1 is 1.10 bits per heavy atom. The molecule has 0 unspecified atom stereocenters. The monoisotopic (exact) mass is 455 g/mol. The molecule has 1 aliphatic carbocycles. The number of allylic oxidation sites excluding steroid dienone is 1. The van der Waals surface area contributed by atoms with Crippen LogP contribution in [0, 0.1) is 11.8 Å². The molecule has 2 bridgehead atoms. The van der Waals surface area contributed by atoms with E-state index in [0.717, 1.165) is 41.9 Å². The molecule has 1 heterocycles. The first kappa shape index (κ1) is 20.2. The fraction of sp³-hybridized carbons (Fsp3) is 0.375. The zero-order valence-corrected chi connectivity index (χ0v) is 18.4. The number of esters is 1. The van der Waals surface area contributed by atoms with Gasteiger partial charge in [-0.25, -0.2) is 4.79 Å². The van der Waals surface area contributed by atoms with E-state index in [1.54, 1.807) is 7.11 Å². The van der Waals surface area contributed by atoms with Gasteiger partial charge in [0.2, 0.25) is 0 Å². The molecule has 152 valence electrons. The van der Waals surface area contributed by atoms with Gasteiger partial charge in [-0.1, -0.05) is 52.3 Å². The van der Waals surface area contributed by atoms with Crippen molar-refractivity contribution >= 4 is 21.9 Å². The summed E-state index contributed by atoms with van der Waals surface area (Å²) in [6.45, 7) is 2.76. The second-order valence-electron chi connectivity index (χ2n) is 7.90. The molecule has 5 heteroatoms. The van der Waals surface area contributed by atoms with Gasteiger partial charge in [0.25, 0.3) is 0 Å². The molecular formula is C24H26BrNO3. The van der Waals surface area contributed by atoms with Crippen molar-refractivity contribution in [2.24, 2.45) is 11.8 Å². The maximum absolute atomic E-state index is 12.5. The molecule has 0 N–H and O–H groups in total. The molecule has 2 aromatic carbocycles. The lowest BCUT2D eigenvalue weighted by Gasteiger charge is -2.44. The number of likely N-dealkylation sites (tertiary alicyclic amines) is 1. The molecule has 4 nitrogen and oxygen atoms in total. The minimum atomic E-state index is -0.197. The average Bonchev–Trinajstić information content (AvgIpc) is 2.74. The smallest absolute Gasteiger partial charge is 0.333 e. The fourth-order valence-corrected chi connectivity index (χ4v) is 5.29. The molecule has 0 aromatic heterocycles. The SMILES string of the molecule is COC(=O)C1=C[C@H](c2ccccc2Br)[C@H]2C[C@@H]1CN(Cc1ccc(OC)cc1)C2. The summed E-state index contributed by atoms with van der Waals surface area (Å²) in [6, 6.07) is 16.6. The number of benzene rings is 2. The molecule has 29 heavy (non-hydrogen) atoms. The summed E-state index contributed by atoms with van der Waals surface area (Å²) in [4.78, 5) is 15.0. The van der Waals surface area contributed by atoms with Gasteiger partial charge in [-0.15, -0.1) is 0 Å². The van der Waals surface area contributed by atoms with Crippen LogP contribution in [0.4, 0.5) is 0 Å². The first-order chi connectivity index (χ1) is 14.1. The second kappa shape index (κ2) is 8.72. The molecule has 0 saturated carbocycles. The van der Waals surface area contributed by atoms with Crippen molar-refractivity contribution in [3.05, 3.63) is 75.8 Å². The molecule has 2 aliphatic rings. The highest BCUT2D eigenvalue weighted by molar-refractivity contribution is 9.10. The topological polar surface area (TPSA) is 38.8 Å². The van der Waals surface area contributed by atoms with Crippen molar-refractivity contribution < 1.29 is 14.3 Å². The van der Waals surface area contributed by atoms with Crippen LogP contribution in [-0.2, 0) is 16.1 Å². The van der Waals surface area contributed by atoms with Gasteiger partial charge in [0.1, 0.15) is 5.75 Å². The molecular weight excluding hydrogens is 430 g/mol. The summed E-state index contributed by atoms with van der Waals surface area (Å²) in [5, 5.41) is 0. The fourth-order valence-electron chi connectivity index (χ4n) is 4.74. The van der Waals surface area contributed by atoms with E-state index in [2.05, 4.69) is 57.2 Å². The lowest BCUT2D eigenvalue weighted by Crippen LogP contribution is -2.45. The van der Waals surface area contributed by atoms with Gasteiger partial charge in [-0.05, 0) is 41.7 Å². The molecule has 0 amide bonds. The maximum atomic E-state index is 12.5. The zero-order valence-electron chi connectivity index (χ0n) is 16.8. The molecule has 0 radical (unpaired) electrons. The first-order valence-electron chi connectivity index (χ1n) is 9.98. The van der Waals surface area contributed by atoms with Crippen LogP contribution in [-0.4, -0.2) is 38.2 Å². The quantitative estimate of drug-likeness (QED) is 0.607. The molecule has 1 fully saturated rings. The number of hydrogen-bond donors (Lipinski definition) is 0. The van der Waals surface area contributed by atoms with Crippen LogP contribution >= 0.6 is 15.9 Å². The summed E-state index contributed by atoms with van der Waals surface area (Å²) in [5.74, 6) is 1.57. The number of carbonyl (C=O) groups is 1. The van der Waals surface area contributed by atoms with Crippen molar-refractivity contribution in [1.82, 2.24) is 4.90 Å². The summed E-state index contributed by atoms with van der Waals surface area (Å²) < 4.78 is 11.5. The number of methoxy groups -OCH3 is 2. The van der Waals surface area contributed by atoms with Gasteiger partial charge in [0.05, 0.1) is 14.2 Å². The van der Waals surface area contributed by atoms with E-state index in [1.807, 2.05) is 18.2 Å². The van der Waals surface area contributed by atoms with E-state index >= 15 is 0 Å². The zero-order chi connectivity index (χ0) is 20.4. The highest BCUT2D eigenvalue weighted by Crippen LogP contribution is 2.45. The molecule has 2 aromatic rings. The third kappa shape index (κ3) is 4.26. The van der Waals surface area contributed by atoms with E-state index in [9.17, 15) is 4.79 Å². The van der Waals surface area contributed by atoms with Crippen molar-refractivity contribution in [2.45, 2.75) is 18.9 Å². The number of fused-ring (bicyclic) bond motifs is 2. The predicted molar refractivity (Wildman–Crippen MR) is 117 cm³/mol. The number of carbonyl (C=O) groups excluding carboxylic acids is 1. The average molecular weight is 456 g/mol. The lowest BCUT2D eigenvalue weighted by atomic mass is 9.69. The number of rotatable bonds is 5. The Morgan fingerprint density at radius 3 is 2.55 bits per heavy atom. The van der Waals surface area contributed by atoms with Crippen LogP contribution in [0.5, 0.6) is 5.75 Å². The minimum Gasteiger partial charge on any atom is -0.497 e. The normalized spacial score (nSPS) is 24.0. The van der Waals surface area contributed by atoms with Crippen LogP contribution in [0.15, 0.2) is 64.7 Å². The van der Waals surface area contributed by atoms with Crippen molar-refractivity contribution in [2.75, 3.05) is 27.3 Å². The standard InChI is InChI=1S/C24H26BrNO3/c1-28-19-9-7-16(8-10-19)13-26-14-17-11-18(15-26)22(24(27)29-2)12-21(17)20-5-3-4-6-23(20)25/h3-10,12,17-18,21H,11,13-15H2,1-2H3/t17-,18+,21-/m0/s1. The van der Waals surface area contributed by atoms with E-state index in [4.69, 9.17) is 9.47 Å². The Bertz CT molecular complexity index is 909. The van der Waals surface area contributed by atoms with E-state index in [0.29, 0.717) is 5.92 Å². The van der Waals surface area contributed by atoms with Crippen molar-refractivity contribution in [3.8, 4) is 5.75 Å². The third-order valence-electron chi connectivity index (χ3n) is 6.12. The van der Waals surface area contributed by atoms with E-state index < -0.39 is 0 Å². The molecule has 1 aliphatic heterocycles. The van der Waals surface area contributed by atoms with E-state index in [-0.39, 0.29) is 17.8 Å². The van der Waals surface area contributed by atoms with Gasteiger partial charge in [-0.2, -0.15) is 0 Å². The van der Waals surface area contributed by atoms with Crippen LogP contribution in [0.2, 0.25) is 0 Å². The van der Waals surface area contributed by atoms with Crippen LogP contribution in [0.25, 0.3) is 0 Å². The Morgan fingerprint density at radius 2 is 1.86 bits per heavy atom. The third-order valence-corrected chi connectivity index (χ3v) is 6.84. The van der Waals surface area contributed by atoms with Crippen LogP contribution in [0.1, 0.15) is 23.5 Å². The largest absolute Gasteiger partial charge is 0.497 e. The van der Waals surface area contributed by atoms with Crippen LogP contribution < -0.4 is 4.74 Å². The van der Waals surface area contributed by atoms with Gasteiger partial charge in [0.15, 0.2) is 0 Å². The minimum absolute atomic E-state index is 0.197. The number of nitrogens with zero attached hydrogens (tertiary/aromatic N) is 1. The molecule has 0 spiro atoms. The number of halogens is 1. The number of ether oxygens (including phenoxy) is 2. The molecule has 1 saturated heterocycles. The van der Waals surface area contributed by atoms with Gasteiger partial charge >= 0.3 is 5.97 Å². The molecule has 3 atom stereocenters. The highest BCUT2D eigenvalue weighted by atomic mass is 79.9. The Labute approximate surface area is 180 Å². The lowest BCUT2D eigenvalue weighted by molar-refractivity contribution is -0.137. The number of piperidine rings is 1. The van der Waals surface area contributed by atoms with Gasteiger partial charge in [-0.3, -0.25) is 4.90 Å². The Kier molecular flexibility index (Phi) is 6.07. The first-order valence-corrected chi connectivity index (χ1v) is 10.8. The summed E-state index contributed by atoms with van der Waals surface area (Å²) in [6.07, 6.45) is 3.18. The van der Waals surface area contributed by atoms with Gasteiger partial charge < -0.3 is 9.47 Å². The predicted octanol–water partition coefficient (Wildman–Crippen LogP) is 4.79.